The molecular weight excluding hydrogens is 518 g/mol. The SMILES string of the molecule is C[C@@H]1CC(=O)N1[C@@H](C(=O)O)[C@](C)(/C=N/Oc1ccc(NC(=O)c2ccc(O)c(O)c2Cl)cc1)S(=O)O. The second kappa shape index (κ2) is 10.5. The summed E-state index contributed by atoms with van der Waals surface area (Å²) in [4.78, 5) is 42.5. The highest BCUT2D eigenvalue weighted by Gasteiger charge is 2.53. The summed E-state index contributed by atoms with van der Waals surface area (Å²) in [6, 6.07) is 6.00. The van der Waals surface area contributed by atoms with Gasteiger partial charge in [-0.2, -0.15) is 0 Å². The molecule has 3 rings (SSSR count). The summed E-state index contributed by atoms with van der Waals surface area (Å²) in [5.74, 6) is -3.52. The molecular formula is C22H22ClN3O9S. The van der Waals surface area contributed by atoms with Crippen molar-refractivity contribution in [3.8, 4) is 17.2 Å². The van der Waals surface area contributed by atoms with Gasteiger partial charge in [0.25, 0.3) is 5.91 Å². The molecule has 0 saturated carbocycles. The van der Waals surface area contributed by atoms with Crippen LogP contribution in [0, 0.1) is 0 Å². The van der Waals surface area contributed by atoms with Gasteiger partial charge in [-0.25, -0.2) is 9.00 Å². The van der Waals surface area contributed by atoms with Crippen molar-refractivity contribution >= 4 is 52.4 Å². The van der Waals surface area contributed by atoms with E-state index < -0.39 is 57.2 Å². The topological polar surface area (TPSA) is 186 Å². The Morgan fingerprint density at radius 3 is 2.44 bits per heavy atom. The van der Waals surface area contributed by atoms with E-state index in [1.54, 1.807) is 6.92 Å². The number of halogens is 1. The minimum atomic E-state index is -2.73. The fourth-order valence-electron chi connectivity index (χ4n) is 3.56. The minimum absolute atomic E-state index is 0.0730. The first-order chi connectivity index (χ1) is 16.9. The first-order valence-corrected chi connectivity index (χ1v) is 11.8. The van der Waals surface area contributed by atoms with E-state index in [1.807, 2.05) is 0 Å². The number of aliphatic carboxylic acids is 1. The van der Waals surface area contributed by atoms with Crippen LogP contribution in [0.2, 0.25) is 5.02 Å². The van der Waals surface area contributed by atoms with Gasteiger partial charge in [-0.1, -0.05) is 16.8 Å². The van der Waals surface area contributed by atoms with Gasteiger partial charge in [-0.15, -0.1) is 0 Å². The monoisotopic (exact) mass is 539 g/mol. The second-order valence-corrected chi connectivity index (χ2v) is 9.88. The molecule has 0 radical (unpaired) electrons. The van der Waals surface area contributed by atoms with Gasteiger partial charge < -0.3 is 34.9 Å². The van der Waals surface area contributed by atoms with E-state index in [2.05, 4.69) is 10.5 Å². The lowest BCUT2D eigenvalue weighted by atomic mass is 9.92. The summed E-state index contributed by atoms with van der Waals surface area (Å²) < 4.78 is 19.9. The van der Waals surface area contributed by atoms with E-state index in [9.17, 15) is 38.5 Å². The molecule has 1 heterocycles. The highest BCUT2D eigenvalue weighted by atomic mass is 35.5. The lowest BCUT2D eigenvalue weighted by Crippen LogP contribution is -2.67. The van der Waals surface area contributed by atoms with Crippen LogP contribution in [0.5, 0.6) is 17.2 Å². The zero-order valence-electron chi connectivity index (χ0n) is 18.9. The molecule has 4 atom stereocenters. The molecule has 1 aliphatic rings. The molecule has 192 valence electrons. The Morgan fingerprint density at radius 1 is 1.28 bits per heavy atom. The fourth-order valence-corrected chi connectivity index (χ4v) is 4.34. The number of nitrogens with one attached hydrogen (secondary N) is 1. The Kier molecular flexibility index (Phi) is 7.86. The molecule has 0 aromatic heterocycles. The Morgan fingerprint density at radius 2 is 1.92 bits per heavy atom. The third-order valence-corrected chi connectivity index (χ3v) is 7.05. The van der Waals surface area contributed by atoms with Gasteiger partial charge in [0.1, 0.15) is 4.75 Å². The van der Waals surface area contributed by atoms with Crippen LogP contribution in [-0.2, 0) is 20.7 Å². The van der Waals surface area contributed by atoms with Crippen molar-refractivity contribution in [2.75, 3.05) is 5.32 Å². The molecule has 1 aliphatic heterocycles. The predicted octanol–water partition coefficient (Wildman–Crippen LogP) is 2.42. The van der Waals surface area contributed by atoms with Gasteiger partial charge in [-0.3, -0.25) is 9.59 Å². The molecule has 36 heavy (non-hydrogen) atoms. The molecule has 1 fully saturated rings. The van der Waals surface area contributed by atoms with Crippen molar-refractivity contribution in [3.05, 3.63) is 47.0 Å². The molecule has 0 aliphatic carbocycles. The van der Waals surface area contributed by atoms with E-state index in [4.69, 9.17) is 16.4 Å². The summed E-state index contributed by atoms with van der Waals surface area (Å²) in [7, 11) is 0. The summed E-state index contributed by atoms with van der Waals surface area (Å²) in [5.41, 5.74) is 0.244. The normalized spacial score (nSPS) is 18.7. The highest BCUT2D eigenvalue weighted by Crippen LogP contribution is 2.36. The smallest absolute Gasteiger partial charge is 0.328 e. The van der Waals surface area contributed by atoms with Crippen LogP contribution < -0.4 is 10.2 Å². The van der Waals surface area contributed by atoms with Gasteiger partial charge >= 0.3 is 5.97 Å². The van der Waals surface area contributed by atoms with Crippen molar-refractivity contribution in [1.82, 2.24) is 4.90 Å². The number of phenols is 2. The van der Waals surface area contributed by atoms with Crippen molar-refractivity contribution < 1.29 is 43.3 Å². The average molecular weight is 540 g/mol. The molecule has 0 bridgehead atoms. The van der Waals surface area contributed by atoms with Crippen LogP contribution in [0.3, 0.4) is 0 Å². The maximum Gasteiger partial charge on any atom is 0.328 e. The lowest BCUT2D eigenvalue weighted by molar-refractivity contribution is -0.161. The number of phenolic OH excluding ortho intramolecular Hbond substituents is 2. The largest absolute Gasteiger partial charge is 0.504 e. The number of oxime groups is 1. The number of benzene rings is 2. The fraction of sp³-hybridized carbons (Fsp3) is 0.273. The minimum Gasteiger partial charge on any atom is -0.504 e. The molecule has 2 amide bonds. The number of carbonyl (C=O) groups excluding carboxylic acids is 2. The van der Waals surface area contributed by atoms with Crippen molar-refractivity contribution in [1.29, 1.82) is 0 Å². The average Bonchev–Trinajstić information content (AvgIpc) is 2.81. The Bertz CT molecular complexity index is 1250. The number of hydrogen-bond acceptors (Lipinski definition) is 8. The molecule has 2 aromatic carbocycles. The van der Waals surface area contributed by atoms with Crippen LogP contribution in [0.25, 0.3) is 0 Å². The van der Waals surface area contributed by atoms with E-state index in [0.717, 1.165) is 17.2 Å². The second-order valence-electron chi connectivity index (χ2n) is 8.13. The number of amides is 2. The van der Waals surface area contributed by atoms with Crippen LogP contribution in [-0.4, -0.2) is 69.8 Å². The molecule has 5 N–H and O–H groups in total. The number of carbonyl (C=O) groups is 3. The van der Waals surface area contributed by atoms with Crippen LogP contribution in [0.4, 0.5) is 5.69 Å². The quantitative estimate of drug-likeness (QED) is 0.105. The van der Waals surface area contributed by atoms with Crippen molar-refractivity contribution in [2.24, 2.45) is 5.16 Å². The maximum atomic E-state index is 12.4. The predicted molar refractivity (Wildman–Crippen MR) is 130 cm³/mol. The number of rotatable bonds is 9. The number of likely N-dealkylation sites (tertiary alicyclic amines) is 1. The van der Waals surface area contributed by atoms with Gasteiger partial charge in [0.05, 0.1) is 16.8 Å². The number of hydrogen-bond donors (Lipinski definition) is 5. The molecule has 12 nitrogen and oxygen atoms in total. The zero-order valence-corrected chi connectivity index (χ0v) is 20.5. The van der Waals surface area contributed by atoms with Gasteiger partial charge in [0.2, 0.25) is 5.91 Å². The molecule has 14 heteroatoms. The van der Waals surface area contributed by atoms with Gasteiger partial charge in [0.15, 0.2) is 34.4 Å². The number of anilines is 1. The Hall–Kier alpha value is -3.68. The maximum absolute atomic E-state index is 12.4. The Balaban J connectivity index is 1.71. The number of carboxylic acids is 1. The third kappa shape index (κ3) is 5.27. The van der Waals surface area contributed by atoms with E-state index in [-0.39, 0.29) is 22.8 Å². The van der Waals surface area contributed by atoms with Gasteiger partial charge in [-0.05, 0) is 50.2 Å². The van der Waals surface area contributed by atoms with Crippen molar-refractivity contribution in [2.45, 2.75) is 37.1 Å². The first kappa shape index (κ1) is 26.9. The number of aromatic hydroxyl groups is 2. The van der Waals surface area contributed by atoms with Gasteiger partial charge in [0, 0.05) is 18.2 Å². The number of nitrogens with zero attached hydrogens (tertiary/aromatic N) is 2. The number of β-lactam (4-membered cyclic amide) rings is 1. The van der Waals surface area contributed by atoms with E-state index >= 15 is 0 Å². The summed E-state index contributed by atoms with van der Waals surface area (Å²) in [6.45, 7) is 2.81. The van der Waals surface area contributed by atoms with E-state index in [1.165, 1.54) is 37.3 Å². The summed E-state index contributed by atoms with van der Waals surface area (Å²) in [6.07, 6.45) is 1.00. The zero-order chi connectivity index (χ0) is 26.8. The van der Waals surface area contributed by atoms with Crippen LogP contribution >= 0.6 is 11.6 Å². The van der Waals surface area contributed by atoms with Crippen molar-refractivity contribution in [3.63, 3.8) is 0 Å². The summed E-state index contributed by atoms with van der Waals surface area (Å²) in [5, 5.41) is 34.7. The molecule has 2 aromatic rings. The van der Waals surface area contributed by atoms with Crippen LogP contribution in [0.1, 0.15) is 30.6 Å². The Labute approximate surface area is 212 Å². The number of carboxylic acid groups (broad SMARTS) is 1. The first-order valence-electron chi connectivity index (χ1n) is 10.3. The highest BCUT2D eigenvalue weighted by molar-refractivity contribution is 7.81. The third-order valence-electron chi connectivity index (χ3n) is 5.58. The molecule has 1 saturated heterocycles. The lowest BCUT2D eigenvalue weighted by Gasteiger charge is -2.46. The molecule has 0 spiro atoms. The van der Waals surface area contributed by atoms with E-state index in [0.29, 0.717) is 5.69 Å². The van der Waals surface area contributed by atoms with Crippen LogP contribution in [0.15, 0.2) is 41.6 Å². The molecule has 1 unspecified atom stereocenters. The summed E-state index contributed by atoms with van der Waals surface area (Å²) >= 11 is 3.16. The standard InChI is InChI=1S/C22H22ClN3O9S/c1-11-9-16(28)26(11)19(21(31)32)22(2,36(33)34)10-24-35-13-5-3-12(4-6-13)25-20(30)14-7-8-15(27)18(29)17(14)23/h3-8,10-11,19,27,29H,9H2,1-2H3,(H,25,30)(H,31,32)(H,33,34)/b24-10+/t11-,19+,22+/m1/s1.